The highest BCUT2D eigenvalue weighted by Gasteiger charge is 2.40. The van der Waals surface area contributed by atoms with E-state index in [1.807, 2.05) is 0 Å². The molecule has 0 aliphatic rings. The van der Waals surface area contributed by atoms with Crippen LogP contribution in [0.2, 0.25) is 15.1 Å². The molecule has 5 nitrogen and oxygen atoms in total. The van der Waals surface area contributed by atoms with Crippen molar-refractivity contribution in [3.8, 4) is 0 Å². The lowest BCUT2D eigenvalue weighted by Crippen LogP contribution is -2.39. The lowest BCUT2D eigenvalue weighted by atomic mass is 10.1. The van der Waals surface area contributed by atoms with E-state index in [0.717, 1.165) is 15.9 Å². The molecule has 1 unspecified atom stereocenters. The Bertz CT molecular complexity index is 832. The number of rotatable bonds is 5. The summed E-state index contributed by atoms with van der Waals surface area (Å²) in [6.45, 7) is 1.59. The Labute approximate surface area is 168 Å². The Balaban J connectivity index is 2.33. The number of benzene rings is 1. The third-order valence-corrected chi connectivity index (χ3v) is 4.62. The summed E-state index contributed by atoms with van der Waals surface area (Å²) in [7, 11) is 2.48. The maximum atomic E-state index is 13.1. The van der Waals surface area contributed by atoms with Gasteiger partial charge in [0.15, 0.2) is 5.69 Å². The largest absolute Gasteiger partial charge is 0.435 e. The quantitative estimate of drug-likeness (QED) is 0.608. The van der Waals surface area contributed by atoms with Crippen molar-refractivity contribution in [2.24, 2.45) is 7.05 Å². The van der Waals surface area contributed by atoms with E-state index in [0.29, 0.717) is 10.6 Å². The van der Waals surface area contributed by atoms with Gasteiger partial charge in [0.2, 0.25) is 0 Å². The van der Waals surface area contributed by atoms with Gasteiger partial charge in [-0.1, -0.05) is 34.8 Å². The Hall–Kier alpha value is -1.48. The zero-order chi connectivity index (χ0) is 20.5. The maximum absolute atomic E-state index is 13.1. The number of amides is 1. The molecule has 0 bridgehead atoms. The summed E-state index contributed by atoms with van der Waals surface area (Å²) in [5, 5.41) is 5.05. The summed E-state index contributed by atoms with van der Waals surface area (Å²) in [5.74, 6) is -0.980. The summed E-state index contributed by atoms with van der Waals surface area (Å²) in [6, 6.07) is 2.29. The van der Waals surface area contributed by atoms with Crippen LogP contribution in [0.4, 0.5) is 13.2 Å². The van der Waals surface area contributed by atoms with Crippen molar-refractivity contribution in [2.75, 3.05) is 7.11 Å². The Morgan fingerprint density at radius 1 is 1.30 bits per heavy atom. The average molecular weight is 445 g/mol. The first kappa shape index (κ1) is 21.8. The van der Waals surface area contributed by atoms with Crippen LogP contribution in [0.3, 0.4) is 0 Å². The highest BCUT2D eigenvalue weighted by atomic mass is 35.5. The molecule has 148 valence electrons. The number of hydrogen-bond donors (Lipinski definition) is 0. The van der Waals surface area contributed by atoms with Crippen LogP contribution in [0.1, 0.15) is 28.5 Å². The summed E-state index contributed by atoms with van der Waals surface area (Å²) in [4.78, 5) is 17.7. The second-order valence-corrected chi connectivity index (χ2v) is 7.03. The molecule has 0 N–H and O–H groups in total. The second-order valence-electron chi connectivity index (χ2n) is 5.78. The fourth-order valence-corrected chi connectivity index (χ4v) is 3.55. The van der Waals surface area contributed by atoms with Crippen molar-refractivity contribution in [3.63, 3.8) is 0 Å². The molecule has 2 rings (SSSR count). The molecule has 1 atom stereocenters. The van der Waals surface area contributed by atoms with Gasteiger partial charge in [0.1, 0.15) is 0 Å². The molecule has 0 saturated carbocycles. The van der Waals surface area contributed by atoms with Crippen molar-refractivity contribution in [3.05, 3.63) is 50.2 Å². The van der Waals surface area contributed by atoms with Crippen LogP contribution in [0.25, 0.3) is 0 Å². The van der Waals surface area contributed by atoms with Crippen LogP contribution in [-0.2, 0) is 24.5 Å². The zero-order valence-electron chi connectivity index (χ0n) is 14.4. The van der Waals surface area contributed by atoms with Gasteiger partial charge in [-0.25, -0.2) is 5.06 Å². The van der Waals surface area contributed by atoms with Crippen molar-refractivity contribution < 1.29 is 22.8 Å². The normalized spacial score (nSPS) is 12.9. The predicted molar refractivity (Wildman–Crippen MR) is 96.0 cm³/mol. The van der Waals surface area contributed by atoms with Crippen LogP contribution < -0.4 is 0 Å². The standard InChI is InChI=1S/C16H15Cl3F3N3O2/c1-8(4-10-12(18)5-9(17)6-13(10)19)25(27-3)15(26)11-7-24(2)23-14(11)16(20,21)22/h5-8H,4H2,1-3H3. The van der Waals surface area contributed by atoms with Gasteiger partial charge in [0, 0.05) is 28.3 Å². The number of alkyl halides is 3. The number of aryl methyl sites for hydroxylation is 1. The van der Waals surface area contributed by atoms with E-state index in [1.54, 1.807) is 6.92 Å². The van der Waals surface area contributed by atoms with Crippen LogP contribution in [-0.4, -0.2) is 33.9 Å². The number of hydroxylamine groups is 2. The molecule has 1 amide bonds. The molecule has 1 aromatic heterocycles. The molecule has 0 radical (unpaired) electrons. The fourth-order valence-electron chi connectivity index (χ4n) is 2.58. The Morgan fingerprint density at radius 2 is 1.85 bits per heavy atom. The number of halogens is 6. The molecule has 0 saturated heterocycles. The molecule has 1 heterocycles. The lowest BCUT2D eigenvalue weighted by molar-refractivity contribution is -0.143. The highest BCUT2D eigenvalue weighted by molar-refractivity contribution is 6.39. The molecule has 11 heteroatoms. The minimum Gasteiger partial charge on any atom is -0.274 e. The van der Waals surface area contributed by atoms with Crippen LogP contribution in [0.15, 0.2) is 18.3 Å². The first-order valence-corrected chi connectivity index (χ1v) is 8.71. The maximum Gasteiger partial charge on any atom is 0.435 e. The van der Waals surface area contributed by atoms with Crippen molar-refractivity contribution >= 4 is 40.7 Å². The number of nitrogens with zero attached hydrogens (tertiary/aromatic N) is 3. The summed E-state index contributed by atoms with van der Waals surface area (Å²) >= 11 is 18.1. The van der Waals surface area contributed by atoms with Gasteiger partial charge in [-0.2, -0.15) is 18.3 Å². The minimum atomic E-state index is -4.78. The summed E-state index contributed by atoms with van der Waals surface area (Å²) in [6.07, 6.45) is -3.65. The Morgan fingerprint density at radius 3 is 2.33 bits per heavy atom. The monoisotopic (exact) mass is 443 g/mol. The van der Waals surface area contributed by atoms with E-state index < -0.39 is 29.4 Å². The van der Waals surface area contributed by atoms with Gasteiger partial charge in [-0.3, -0.25) is 14.3 Å². The van der Waals surface area contributed by atoms with E-state index in [9.17, 15) is 18.0 Å². The van der Waals surface area contributed by atoms with Gasteiger partial charge >= 0.3 is 6.18 Å². The molecule has 0 aliphatic heterocycles. The first-order valence-electron chi connectivity index (χ1n) is 7.57. The van der Waals surface area contributed by atoms with Gasteiger partial charge in [0.25, 0.3) is 5.91 Å². The summed E-state index contributed by atoms with van der Waals surface area (Å²) < 4.78 is 40.4. The SMILES string of the molecule is CON(C(=O)c1cn(C)nc1C(F)(F)F)C(C)Cc1c(Cl)cc(Cl)cc1Cl. The van der Waals surface area contributed by atoms with Crippen LogP contribution in [0.5, 0.6) is 0 Å². The van der Waals surface area contributed by atoms with E-state index in [1.165, 1.54) is 26.3 Å². The Kier molecular flexibility index (Phi) is 6.68. The zero-order valence-corrected chi connectivity index (χ0v) is 16.7. The molecular formula is C16H15Cl3F3N3O2. The van der Waals surface area contributed by atoms with Crippen LogP contribution >= 0.6 is 34.8 Å². The molecule has 0 fully saturated rings. The van der Waals surface area contributed by atoms with Gasteiger partial charge in [-0.05, 0) is 31.0 Å². The first-order chi connectivity index (χ1) is 12.5. The van der Waals surface area contributed by atoms with Crippen LogP contribution in [0, 0.1) is 0 Å². The fraction of sp³-hybridized carbons (Fsp3) is 0.375. The topological polar surface area (TPSA) is 47.4 Å². The van der Waals surface area contributed by atoms with Crippen molar-refractivity contribution in [1.82, 2.24) is 14.8 Å². The molecule has 27 heavy (non-hydrogen) atoms. The molecule has 0 spiro atoms. The third kappa shape index (κ3) is 4.87. The number of carbonyl (C=O) groups is 1. The summed E-state index contributed by atoms with van der Waals surface area (Å²) in [5.41, 5.74) is -1.41. The number of aromatic nitrogens is 2. The highest BCUT2D eigenvalue weighted by Crippen LogP contribution is 2.33. The second kappa shape index (κ2) is 8.26. The lowest BCUT2D eigenvalue weighted by Gasteiger charge is -2.27. The minimum absolute atomic E-state index is 0.135. The number of hydrogen-bond acceptors (Lipinski definition) is 3. The van der Waals surface area contributed by atoms with E-state index >= 15 is 0 Å². The van der Waals surface area contributed by atoms with E-state index in [2.05, 4.69) is 5.10 Å². The number of carbonyl (C=O) groups excluding carboxylic acids is 1. The van der Waals surface area contributed by atoms with Gasteiger partial charge in [-0.15, -0.1) is 0 Å². The molecular weight excluding hydrogens is 430 g/mol. The van der Waals surface area contributed by atoms with Crippen molar-refractivity contribution in [1.29, 1.82) is 0 Å². The average Bonchev–Trinajstić information content (AvgIpc) is 2.93. The third-order valence-electron chi connectivity index (χ3n) is 3.73. The van der Waals surface area contributed by atoms with E-state index in [-0.39, 0.29) is 16.5 Å². The smallest absolute Gasteiger partial charge is 0.274 e. The molecule has 1 aromatic carbocycles. The predicted octanol–water partition coefficient (Wildman–Crippen LogP) is 5.03. The van der Waals surface area contributed by atoms with Gasteiger partial charge in [0.05, 0.1) is 18.7 Å². The van der Waals surface area contributed by atoms with Crippen molar-refractivity contribution in [2.45, 2.75) is 25.6 Å². The van der Waals surface area contributed by atoms with Gasteiger partial charge < -0.3 is 0 Å². The molecule has 0 aliphatic carbocycles. The molecule has 2 aromatic rings. The van der Waals surface area contributed by atoms with E-state index in [4.69, 9.17) is 39.6 Å².